The molecule has 1 nitrogen and oxygen atoms in total. The first-order valence-corrected chi connectivity index (χ1v) is 8.92. The lowest BCUT2D eigenvalue weighted by molar-refractivity contribution is 0.413. The van der Waals surface area contributed by atoms with Crippen molar-refractivity contribution < 1.29 is 4.74 Å². The maximum absolute atomic E-state index is 5.29. The van der Waals surface area contributed by atoms with Crippen molar-refractivity contribution in [3.05, 3.63) is 102 Å². The molecular weight excluding hydrogens is 304 g/mol. The Balaban J connectivity index is 1.83. The summed E-state index contributed by atoms with van der Waals surface area (Å²) < 4.78 is 5.29. The molecule has 0 radical (unpaired) electrons. The molecule has 0 aliphatic heterocycles. The molecule has 0 spiro atoms. The molecule has 128 valence electrons. The fraction of sp³-hybridized carbons (Fsp3) is 0.250. The van der Waals surface area contributed by atoms with Crippen molar-refractivity contribution in [2.75, 3.05) is 7.11 Å². The van der Waals surface area contributed by atoms with E-state index in [2.05, 4.69) is 91.9 Å². The van der Waals surface area contributed by atoms with Gasteiger partial charge in [0.2, 0.25) is 0 Å². The van der Waals surface area contributed by atoms with Gasteiger partial charge in [-0.15, -0.1) is 0 Å². The van der Waals surface area contributed by atoms with Crippen LogP contribution in [0, 0.1) is 0 Å². The molecule has 1 unspecified atom stereocenters. The van der Waals surface area contributed by atoms with Crippen molar-refractivity contribution in [2.24, 2.45) is 0 Å². The maximum atomic E-state index is 5.29. The van der Waals surface area contributed by atoms with Crippen LogP contribution < -0.4 is 4.74 Å². The van der Waals surface area contributed by atoms with Gasteiger partial charge in [0.1, 0.15) is 5.75 Å². The first kappa shape index (κ1) is 17.3. The molecule has 0 amide bonds. The molecule has 0 saturated carbocycles. The van der Waals surface area contributed by atoms with E-state index in [0.717, 1.165) is 25.0 Å². The molecule has 0 aromatic heterocycles. The van der Waals surface area contributed by atoms with Crippen molar-refractivity contribution in [1.29, 1.82) is 0 Å². The number of methoxy groups -OCH3 is 1. The van der Waals surface area contributed by atoms with E-state index >= 15 is 0 Å². The highest BCUT2D eigenvalue weighted by atomic mass is 16.5. The van der Waals surface area contributed by atoms with Crippen molar-refractivity contribution in [3.8, 4) is 5.75 Å². The highest BCUT2D eigenvalue weighted by molar-refractivity contribution is 5.32. The molecule has 3 aromatic rings. The Hall–Kier alpha value is -2.54. The van der Waals surface area contributed by atoms with Crippen LogP contribution in [0.3, 0.4) is 0 Å². The highest BCUT2D eigenvalue weighted by Crippen LogP contribution is 2.33. The van der Waals surface area contributed by atoms with Crippen LogP contribution in [0.5, 0.6) is 5.75 Å². The summed E-state index contributed by atoms with van der Waals surface area (Å²) >= 11 is 0. The summed E-state index contributed by atoms with van der Waals surface area (Å²) in [6, 6.07) is 30.1. The molecule has 3 rings (SSSR count). The number of ether oxygens (including phenoxy) is 1. The van der Waals surface area contributed by atoms with Crippen LogP contribution in [-0.4, -0.2) is 7.11 Å². The lowest BCUT2D eigenvalue weighted by Gasteiger charge is -2.31. The second-order valence-corrected chi connectivity index (χ2v) is 6.94. The van der Waals surface area contributed by atoms with Gasteiger partial charge in [-0.05, 0) is 53.5 Å². The average molecular weight is 330 g/mol. The monoisotopic (exact) mass is 330 g/mol. The number of benzene rings is 3. The predicted octanol–water partition coefficient (Wildman–Crippen LogP) is 5.83. The topological polar surface area (TPSA) is 9.23 Å². The fourth-order valence-corrected chi connectivity index (χ4v) is 3.43. The lowest BCUT2D eigenvalue weighted by Crippen LogP contribution is -2.26. The van der Waals surface area contributed by atoms with E-state index in [-0.39, 0.29) is 5.41 Å². The molecule has 1 atom stereocenters. The zero-order valence-electron chi connectivity index (χ0n) is 15.1. The number of hydrogen-bond donors (Lipinski definition) is 0. The van der Waals surface area contributed by atoms with Gasteiger partial charge in [-0.25, -0.2) is 0 Å². The van der Waals surface area contributed by atoms with Gasteiger partial charge in [0.15, 0.2) is 0 Å². The van der Waals surface area contributed by atoms with E-state index in [4.69, 9.17) is 4.74 Å². The molecule has 1 heteroatoms. The quantitative estimate of drug-likeness (QED) is 0.530. The van der Waals surface area contributed by atoms with Crippen LogP contribution in [0.2, 0.25) is 0 Å². The molecule has 0 bridgehead atoms. The van der Waals surface area contributed by atoms with Crippen LogP contribution in [0.4, 0.5) is 0 Å². The molecular formula is C24H26O. The third-order valence-electron chi connectivity index (χ3n) is 5.03. The summed E-state index contributed by atoms with van der Waals surface area (Å²) in [5.41, 5.74) is 4.26. The third kappa shape index (κ3) is 4.51. The number of aryl methyl sites for hydroxylation is 1. The zero-order valence-corrected chi connectivity index (χ0v) is 15.1. The minimum atomic E-state index is 0.103. The SMILES string of the molecule is COc1ccc(CC(C)(CCc2ccccc2)c2ccccc2)cc1. The molecule has 0 N–H and O–H groups in total. The van der Waals surface area contributed by atoms with E-state index in [1.54, 1.807) is 7.11 Å². The van der Waals surface area contributed by atoms with E-state index in [1.165, 1.54) is 16.7 Å². The van der Waals surface area contributed by atoms with Gasteiger partial charge in [-0.2, -0.15) is 0 Å². The van der Waals surface area contributed by atoms with Crippen LogP contribution in [0.1, 0.15) is 30.0 Å². The van der Waals surface area contributed by atoms with E-state index in [9.17, 15) is 0 Å². The molecule has 0 saturated heterocycles. The smallest absolute Gasteiger partial charge is 0.118 e. The second-order valence-electron chi connectivity index (χ2n) is 6.94. The van der Waals surface area contributed by atoms with Gasteiger partial charge in [0, 0.05) is 0 Å². The Morgan fingerprint density at radius 1 is 0.720 bits per heavy atom. The normalized spacial score (nSPS) is 13.2. The summed E-state index contributed by atoms with van der Waals surface area (Å²) in [4.78, 5) is 0. The largest absolute Gasteiger partial charge is 0.497 e. The Morgan fingerprint density at radius 2 is 1.32 bits per heavy atom. The van der Waals surface area contributed by atoms with Crippen molar-refractivity contribution in [1.82, 2.24) is 0 Å². The van der Waals surface area contributed by atoms with E-state index in [1.807, 2.05) is 0 Å². The van der Waals surface area contributed by atoms with Gasteiger partial charge in [-0.3, -0.25) is 0 Å². The number of hydrogen-bond acceptors (Lipinski definition) is 1. The molecule has 0 fully saturated rings. The average Bonchev–Trinajstić information content (AvgIpc) is 2.68. The molecule has 0 aliphatic carbocycles. The minimum absolute atomic E-state index is 0.103. The molecule has 25 heavy (non-hydrogen) atoms. The molecule has 0 heterocycles. The van der Waals surface area contributed by atoms with Gasteiger partial charge in [0.25, 0.3) is 0 Å². The summed E-state index contributed by atoms with van der Waals surface area (Å²) in [7, 11) is 1.71. The first-order valence-electron chi connectivity index (χ1n) is 8.92. The summed E-state index contributed by atoms with van der Waals surface area (Å²) in [5.74, 6) is 0.912. The lowest BCUT2D eigenvalue weighted by atomic mass is 9.73. The molecule has 0 aliphatic rings. The Kier molecular flexibility index (Phi) is 5.55. The summed E-state index contributed by atoms with van der Waals surface area (Å²) in [6.45, 7) is 2.38. The van der Waals surface area contributed by atoms with Crippen molar-refractivity contribution >= 4 is 0 Å². The maximum Gasteiger partial charge on any atom is 0.118 e. The Bertz CT molecular complexity index is 762. The van der Waals surface area contributed by atoms with Gasteiger partial charge < -0.3 is 4.74 Å². The first-order chi connectivity index (χ1) is 12.2. The van der Waals surface area contributed by atoms with Crippen LogP contribution in [-0.2, 0) is 18.3 Å². The fourth-order valence-electron chi connectivity index (χ4n) is 3.43. The molecule has 3 aromatic carbocycles. The second kappa shape index (κ2) is 8.02. The van der Waals surface area contributed by atoms with Crippen LogP contribution in [0.25, 0.3) is 0 Å². The number of rotatable bonds is 7. The van der Waals surface area contributed by atoms with Crippen LogP contribution in [0.15, 0.2) is 84.9 Å². The zero-order chi connectivity index (χ0) is 17.5. The summed E-state index contributed by atoms with van der Waals surface area (Å²) in [5, 5.41) is 0. The van der Waals surface area contributed by atoms with Gasteiger partial charge in [-0.1, -0.05) is 79.7 Å². The minimum Gasteiger partial charge on any atom is -0.497 e. The Labute approximate surface area is 151 Å². The van der Waals surface area contributed by atoms with Gasteiger partial charge >= 0.3 is 0 Å². The van der Waals surface area contributed by atoms with Gasteiger partial charge in [0.05, 0.1) is 7.11 Å². The Morgan fingerprint density at radius 3 is 1.92 bits per heavy atom. The third-order valence-corrected chi connectivity index (χ3v) is 5.03. The van der Waals surface area contributed by atoms with E-state index in [0.29, 0.717) is 0 Å². The van der Waals surface area contributed by atoms with Crippen LogP contribution >= 0.6 is 0 Å². The van der Waals surface area contributed by atoms with Crippen molar-refractivity contribution in [3.63, 3.8) is 0 Å². The highest BCUT2D eigenvalue weighted by Gasteiger charge is 2.26. The standard InChI is InChI=1S/C24H26O/c1-24(22-11-7-4-8-12-22,18-17-20-9-5-3-6-10-20)19-21-13-15-23(25-2)16-14-21/h3-16H,17-19H2,1-2H3. The van der Waals surface area contributed by atoms with Crippen molar-refractivity contribution in [2.45, 2.75) is 31.6 Å². The summed E-state index contributed by atoms with van der Waals surface area (Å²) in [6.07, 6.45) is 3.23. The predicted molar refractivity (Wildman–Crippen MR) is 105 cm³/mol. The van der Waals surface area contributed by atoms with E-state index < -0.39 is 0 Å².